The predicted octanol–water partition coefficient (Wildman–Crippen LogP) is 2.98. The third-order valence-electron chi connectivity index (χ3n) is 4.60. The minimum atomic E-state index is -0.234. The standard InChI is InChI=1S/C17H24N2O3S/c1-2-22-17(21)19-9-7-12-11-15(23-14(12)8-10-19)16(20)18-13-5-3-4-6-13/h11,13H,2-10H2,1H3,(H,18,20). The zero-order valence-corrected chi connectivity index (χ0v) is 14.4. The number of hydrogen-bond donors (Lipinski definition) is 1. The molecule has 1 N–H and O–H groups in total. The number of amides is 2. The van der Waals surface area contributed by atoms with Gasteiger partial charge in [-0.25, -0.2) is 4.79 Å². The van der Waals surface area contributed by atoms with Crippen molar-refractivity contribution in [1.82, 2.24) is 10.2 Å². The van der Waals surface area contributed by atoms with Crippen LogP contribution in [0, 0.1) is 0 Å². The van der Waals surface area contributed by atoms with Crippen molar-refractivity contribution in [3.8, 4) is 0 Å². The third-order valence-corrected chi connectivity index (χ3v) is 5.83. The van der Waals surface area contributed by atoms with Crippen molar-refractivity contribution in [2.45, 2.75) is 51.5 Å². The van der Waals surface area contributed by atoms with Crippen LogP contribution in [-0.4, -0.2) is 42.6 Å². The van der Waals surface area contributed by atoms with Gasteiger partial charge in [-0.2, -0.15) is 0 Å². The Labute approximate surface area is 141 Å². The Morgan fingerprint density at radius 2 is 2.04 bits per heavy atom. The van der Waals surface area contributed by atoms with E-state index in [2.05, 4.69) is 5.32 Å². The van der Waals surface area contributed by atoms with E-state index in [1.807, 2.05) is 13.0 Å². The average molecular weight is 336 g/mol. The van der Waals surface area contributed by atoms with E-state index in [1.54, 1.807) is 16.2 Å². The molecule has 6 heteroatoms. The summed E-state index contributed by atoms with van der Waals surface area (Å²) in [6.45, 7) is 3.55. The first kappa shape index (κ1) is 16.3. The summed E-state index contributed by atoms with van der Waals surface area (Å²) in [4.78, 5) is 28.0. The number of rotatable bonds is 3. The molecule has 23 heavy (non-hydrogen) atoms. The molecule has 0 radical (unpaired) electrons. The Morgan fingerprint density at radius 3 is 2.78 bits per heavy atom. The summed E-state index contributed by atoms with van der Waals surface area (Å²) in [7, 11) is 0. The van der Waals surface area contributed by atoms with E-state index in [9.17, 15) is 9.59 Å². The highest BCUT2D eigenvalue weighted by Crippen LogP contribution is 2.27. The van der Waals surface area contributed by atoms with Crippen LogP contribution in [0.4, 0.5) is 4.79 Å². The number of hydrogen-bond acceptors (Lipinski definition) is 4. The van der Waals surface area contributed by atoms with Gasteiger partial charge in [0, 0.05) is 24.0 Å². The lowest BCUT2D eigenvalue weighted by molar-refractivity contribution is 0.0941. The summed E-state index contributed by atoms with van der Waals surface area (Å²) in [6, 6.07) is 2.36. The van der Waals surface area contributed by atoms with Crippen LogP contribution in [0.2, 0.25) is 0 Å². The van der Waals surface area contributed by atoms with E-state index in [4.69, 9.17) is 4.74 Å². The number of thiophene rings is 1. The lowest BCUT2D eigenvalue weighted by Gasteiger charge is -2.19. The maximum atomic E-state index is 12.4. The van der Waals surface area contributed by atoms with E-state index < -0.39 is 0 Å². The smallest absolute Gasteiger partial charge is 0.409 e. The van der Waals surface area contributed by atoms with Crippen molar-refractivity contribution in [3.05, 3.63) is 21.4 Å². The molecule has 3 rings (SSSR count). The van der Waals surface area contributed by atoms with Crippen molar-refractivity contribution in [1.29, 1.82) is 0 Å². The Hall–Kier alpha value is -1.56. The fraction of sp³-hybridized carbons (Fsp3) is 0.647. The summed E-state index contributed by atoms with van der Waals surface area (Å²) in [5, 5.41) is 3.15. The maximum Gasteiger partial charge on any atom is 0.409 e. The summed E-state index contributed by atoms with van der Waals surface area (Å²) in [5.74, 6) is 0.0669. The van der Waals surface area contributed by atoms with E-state index in [1.165, 1.54) is 23.3 Å². The summed E-state index contributed by atoms with van der Waals surface area (Å²) in [5.41, 5.74) is 1.21. The van der Waals surface area contributed by atoms with Gasteiger partial charge in [0.15, 0.2) is 0 Å². The second kappa shape index (κ2) is 7.34. The van der Waals surface area contributed by atoms with Crippen LogP contribution in [0.25, 0.3) is 0 Å². The Balaban J connectivity index is 1.61. The van der Waals surface area contributed by atoms with Gasteiger partial charge >= 0.3 is 6.09 Å². The second-order valence-electron chi connectivity index (χ2n) is 6.20. The van der Waals surface area contributed by atoms with Crippen LogP contribution in [0.1, 0.15) is 52.7 Å². The van der Waals surface area contributed by atoms with Gasteiger partial charge in [0.25, 0.3) is 5.91 Å². The van der Waals surface area contributed by atoms with Gasteiger partial charge in [-0.3, -0.25) is 4.79 Å². The van der Waals surface area contributed by atoms with Gasteiger partial charge in [-0.05, 0) is 44.2 Å². The van der Waals surface area contributed by atoms with Gasteiger partial charge in [0.2, 0.25) is 0 Å². The summed E-state index contributed by atoms with van der Waals surface area (Å²) in [6.07, 6.45) is 6.00. The molecular weight excluding hydrogens is 312 g/mol. The van der Waals surface area contributed by atoms with E-state index >= 15 is 0 Å². The molecule has 2 aliphatic rings. The molecule has 5 nitrogen and oxygen atoms in total. The first-order valence-corrected chi connectivity index (χ1v) is 9.33. The van der Waals surface area contributed by atoms with Crippen molar-refractivity contribution >= 4 is 23.3 Å². The minimum absolute atomic E-state index is 0.0669. The highest BCUT2D eigenvalue weighted by Gasteiger charge is 2.24. The lowest BCUT2D eigenvalue weighted by atomic mass is 10.1. The fourth-order valence-corrected chi connectivity index (χ4v) is 4.43. The number of ether oxygens (including phenoxy) is 1. The third kappa shape index (κ3) is 3.86. The highest BCUT2D eigenvalue weighted by molar-refractivity contribution is 7.14. The molecule has 1 aromatic rings. The van der Waals surface area contributed by atoms with Gasteiger partial charge < -0.3 is 15.0 Å². The number of fused-ring (bicyclic) bond motifs is 1. The van der Waals surface area contributed by atoms with Gasteiger partial charge in [-0.1, -0.05) is 12.8 Å². The summed E-state index contributed by atoms with van der Waals surface area (Å²) >= 11 is 1.58. The second-order valence-corrected chi connectivity index (χ2v) is 7.34. The van der Waals surface area contributed by atoms with Crippen LogP contribution >= 0.6 is 11.3 Å². The average Bonchev–Trinajstić information content (AvgIpc) is 3.14. The Kier molecular flexibility index (Phi) is 5.20. The molecular formula is C17H24N2O3S. The Bertz CT molecular complexity index is 553. The van der Waals surface area contributed by atoms with Crippen molar-refractivity contribution in [2.24, 2.45) is 0 Å². The molecule has 2 amide bonds. The molecule has 0 bridgehead atoms. The summed E-state index contributed by atoms with van der Waals surface area (Å²) < 4.78 is 5.07. The molecule has 1 saturated carbocycles. The van der Waals surface area contributed by atoms with Crippen molar-refractivity contribution in [2.75, 3.05) is 19.7 Å². The normalized spacial score (nSPS) is 18.4. The molecule has 1 fully saturated rings. The first-order chi connectivity index (χ1) is 11.2. The van der Waals surface area contributed by atoms with Crippen molar-refractivity contribution in [3.63, 3.8) is 0 Å². The predicted molar refractivity (Wildman–Crippen MR) is 90.0 cm³/mol. The quantitative estimate of drug-likeness (QED) is 0.923. The largest absolute Gasteiger partial charge is 0.450 e. The van der Waals surface area contributed by atoms with Gasteiger partial charge in [0.1, 0.15) is 0 Å². The molecule has 0 unspecified atom stereocenters. The van der Waals surface area contributed by atoms with Crippen LogP contribution < -0.4 is 5.32 Å². The first-order valence-electron chi connectivity index (χ1n) is 8.51. The fourth-order valence-electron chi connectivity index (χ4n) is 3.33. The highest BCUT2D eigenvalue weighted by atomic mass is 32.1. The van der Waals surface area contributed by atoms with Crippen LogP contribution in [0.3, 0.4) is 0 Å². The number of nitrogens with zero attached hydrogens (tertiary/aromatic N) is 1. The molecule has 0 saturated heterocycles. The molecule has 1 aromatic heterocycles. The van der Waals surface area contributed by atoms with E-state index in [0.717, 1.165) is 30.6 Å². The zero-order chi connectivity index (χ0) is 16.2. The molecule has 1 aliphatic heterocycles. The lowest BCUT2D eigenvalue weighted by Crippen LogP contribution is -2.34. The van der Waals surface area contributed by atoms with E-state index in [0.29, 0.717) is 25.7 Å². The van der Waals surface area contributed by atoms with E-state index in [-0.39, 0.29) is 12.0 Å². The SMILES string of the molecule is CCOC(=O)N1CCc2cc(C(=O)NC3CCCC3)sc2CC1. The zero-order valence-electron chi connectivity index (χ0n) is 13.6. The molecule has 1 aliphatic carbocycles. The number of carbonyl (C=O) groups excluding carboxylic acids is 2. The van der Waals surface area contributed by atoms with Crippen LogP contribution in [-0.2, 0) is 17.6 Å². The Morgan fingerprint density at radius 1 is 1.30 bits per heavy atom. The number of nitrogens with one attached hydrogen (secondary N) is 1. The molecule has 0 spiro atoms. The van der Waals surface area contributed by atoms with Crippen LogP contribution in [0.15, 0.2) is 6.07 Å². The molecule has 2 heterocycles. The molecule has 0 aromatic carbocycles. The molecule has 126 valence electrons. The minimum Gasteiger partial charge on any atom is -0.450 e. The topological polar surface area (TPSA) is 58.6 Å². The maximum absolute atomic E-state index is 12.4. The van der Waals surface area contributed by atoms with Gasteiger partial charge in [0.05, 0.1) is 11.5 Å². The molecule has 0 atom stereocenters. The number of carbonyl (C=O) groups is 2. The van der Waals surface area contributed by atoms with Crippen molar-refractivity contribution < 1.29 is 14.3 Å². The van der Waals surface area contributed by atoms with Gasteiger partial charge in [-0.15, -0.1) is 11.3 Å². The van der Waals surface area contributed by atoms with Crippen LogP contribution in [0.5, 0.6) is 0 Å². The monoisotopic (exact) mass is 336 g/mol.